The lowest BCUT2D eigenvalue weighted by Crippen LogP contribution is -2.34. The fourth-order valence-electron chi connectivity index (χ4n) is 3.52. The molecule has 0 radical (unpaired) electrons. The molecule has 1 aliphatic rings. The smallest absolute Gasteiger partial charge is 0.259 e. The molecule has 0 N–H and O–H groups in total. The summed E-state index contributed by atoms with van der Waals surface area (Å²) in [7, 11) is 2.03. The highest BCUT2D eigenvalue weighted by Crippen LogP contribution is 2.28. The number of carbonyl (C=O) groups excluding carboxylic acids is 1. The van der Waals surface area contributed by atoms with E-state index in [1.165, 1.54) is 16.8 Å². The van der Waals surface area contributed by atoms with E-state index in [-0.39, 0.29) is 16.9 Å². The normalized spacial score (nSPS) is 14.0. The molecule has 1 aromatic heterocycles. The molecular weight excluding hydrogens is 379 g/mol. The van der Waals surface area contributed by atoms with Crippen LogP contribution in [0.2, 0.25) is 5.15 Å². The maximum Gasteiger partial charge on any atom is 0.259 e. The average molecular weight is 399 g/mol. The molecule has 1 aliphatic heterocycles. The number of likely N-dealkylation sites (N-methyl/N-ethyl adjacent to an activating group) is 1. The van der Waals surface area contributed by atoms with Gasteiger partial charge in [0.1, 0.15) is 11.0 Å². The van der Waals surface area contributed by atoms with E-state index in [1.54, 1.807) is 24.0 Å². The van der Waals surface area contributed by atoms with E-state index in [0.29, 0.717) is 30.0 Å². The van der Waals surface area contributed by atoms with E-state index in [1.807, 2.05) is 25.2 Å². The van der Waals surface area contributed by atoms with Crippen molar-refractivity contribution in [1.29, 1.82) is 0 Å². The number of carbonyl (C=O) groups is 1. The predicted octanol–water partition coefficient (Wildman–Crippen LogP) is 4.07. The Balaban J connectivity index is 1.68. The number of aromatic nitrogens is 2. The first kappa shape index (κ1) is 18.5. The van der Waals surface area contributed by atoms with E-state index in [9.17, 15) is 9.18 Å². The lowest BCUT2D eigenvalue weighted by atomic mass is 10.1. The summed E-state index contributed by atoms with van der Waals surface area (Å²) in [6.07, 6.45) is 0. The Morgan fingerprint density at radius 3 is 2.57 bits per heavy atom. The number of rotatable bonds is 2. The van der Waals surface area contributed by atoms with E-state index in [2.05, 4.69) is 16.1 Å². The first-order valence-electron chi connectivity index (χ1n) is 9.05. The van der Waals surface area contributed by atoms with Gasteiger partial charge in [-0.2, -0.15) is 5.10 Å². The Morgan fingerprint density at radius 1 is 1.11 bits per heavy atom. The highest BCUT2D eigenvalue weighted by molar-refractivity contribution is 6.33. The summed E-state index contributed by atoms with van der Waals surface area (Å²) in [6, 6.07) is 13.9. The van der Waals surface area contributed by atoms with Gasteiger partial charge in [0.2, 0.25) is 0 Å². The van der Waals surface area contributed by atoms with Gasteiger partial charge in [-0.15, -0.1) is 0 Å². The molecule has 7 heteroatoms. The van der Waals surface area contributed by atoms with Gasteiger partial charge in [-0.1, -0.05) is 29.8 Å². The van der Waals surface area contributed by atoms with Crippen molar-refractivity contribution in [2.24, 2.45) is 0 Å². The summed E-state index contributed by atoms with van der Waals surface area (Å²) in [6.45, 7) is 3.58. The Morgan fingerprint density at radius 2 is 1.82 bits per heavy atom. The molecule has 1 amide bonds. The van der Waals surface area contributed by atoms with Gasteiger partial charge in [0.15, 0.2) is 0 Å². The second kappa shape index (κ2) is 7.28. The fraction of sp³-hybridized carbons (Fsp3) is 0.238. The van der Waals surface area contributed by atoms with Crippen molar-refractivity contribution in [3.8, 4) is 5.69 Å². The number of benzene rings is 2. The van der Waals surface area contributed by atoms with Crippen LogP contribution < -0.4 is 4.90 Å². The molecule has 3 aromatic rings. The van der Waals surface area contributed by atoms with Crippen LogP contribution in [0.5, 0.6) is 0 Å². The summed E-state index contributed by atoms with van der Waals surface area (Å²) >= 11 is 6.54. The molecule has 2 aromatic carbocycles. The molecule has 0 aliphatic carbocycles. The number of fused-ring (bicyclic) bond motifs is 1. The van der Waals surface area contributed by atoms with Crippen molar-refractivity contribution in [3.05, 3.63) is 76.3 Å². The summed E-state index contributed by atoms with van der Waals surface area (Å²) in [4.78, 5) is 17.3. The number of hydrogen-bond donors (Lipinski definition) is 0. The number of nitrogens with zero attached hydrogens (tertiary/aromatic N) is 4. The first-order valence-corrected chi connectivity index (χ1v) is 9.43. The number of amides is 1. The quantitative estimate of drug-likeness (QED) is 0.653. The maximum absolute atomic E-state index is 13.3. The van der Waals surface area contributed by atoms with Gasteiger partial charge < -0.3 is 9.80 Å². The molecule has 0 saturated carbocycles. The number of aryl methyl sites for hydroxylation is 1. The van der Waals surface area contributed by atoms with E-state index in [4.69, 9.17) is 11.6 Å². The molecule has 0 spiro atoms. The van der Waals surface area contributed by atoms with Gasteiger partial charge in [-0.3, -0.25) is 4.79 Å². The monoisotopic (exact) mass is 398 g/mol. The molecule has 0 unspecified atom stereocenters. The van der Waals surface area contributed by atoms with Gasteiger partial charge in [0.25, 0.3) is 5.91 Å². The van der Waals surface area contributed by atoms with Crippen molar-refractivity contribution in [1.82, 2.24) is 14.7 Å². The number of halogens is 2. The molecule has 28 heavy (non-hydrogen) atoms. The van der Waals surface area contributed by atoms with E-state index in [0.717, 1.165) is 17.8 Å². The van der Waals surface area contributed by atoms with E-state index >= 15 is 0 Å². The summed E-state index contributed by atoms with van der Waals surface area (Å²) in [5.74, 6) is -0.492. The molecule has 2 heterocycles. The summed E-state index contributed by atoms with van der Waals surface area (Å²) in [5, 5.41) is 4.65. The summed E-state index contributed by atoms with van der Waals surface area (Å²) < 4.78 is 14.7. The molecule has 0 atom stereocenters. The Kier molecular flexibility index (Phi) is 4.81. The average Bonchev–Trinajstić information content (AvgIpc) is 2.88. The standard InChI is InChI=1S/C21H20ClFN4O/c1-14-19(20(22)27(24-14)17-9-7-16(23)8-10-17)21(28)26-12-11-25(2)18-6-4-3-5-15(18)13-26/h3-10H,11-13H2,1-2H3. The van der Waals surface area contributed by atoms with Gasteiger partial charge in [0, 0.05) is 32.4 Å². The SMILES string of the molecule is Cc1nn(-c2ccc(F)cc2)c(Cl)c1C(=O)N1CCN(C)c2ccccc2C1. The van der Waals surface area contributed by atoms with Gasteiger partial charge in [-0.25, -0.2) is 9.07 Å². The molecule has 144 valence electrons. The predicted molar refractivity (Wildman–Crippen MR) is 108 cm³/mol. The van der Waals surface area contributed by atoms with Gasteiger partial charge in [0.05, 0.1) is 16.9 Å². The van der Waals surface area contributed by atoms with Crippen molar-refractivity contribution < 1.29 is 9.18 Å². The minimum absolute atomic E-state index is 0.152. The highest BCUT2D eigenvalue weighted by atomic mass is 35.5. The van der Waals surface area contributed by atoms with Crippen LogP contribution in [0.3, 0.4) is 0 Å². The Bertz CT molecular complexity index is 1030. The zero-order chi connectivity index (χ0) is 19.8. The van der Waals surface area contributed by atoms with Gasteiger partial charge in [-0.05, 0) is 42.8 Å². The minimum Gasteiger partial charge on any atom is -0.373 e. The lowest BCUT2D eigenvalue weighted by Gasteiger charge is -2.21. The highest BCUT2D eigenvalue weighted by Gasteiger charge is 2.28. The molecule has 4 rings (SSSR count). The largest absolute Gasteiger partial charge is 0.373 e. The van der Waals surface area contributed by atoms with Crippen LogP contribution in [-0.4, -0.2) is 40.7 Å². The fourth-order valence-corrected chi connectivity index (χ4v) is 3.87. The van der Waals surface area contributed by atoms with Crippen LogP contribution in [0, 0.1) is 12.7 Å². The zero-order valence-electron chi connectivity index (χ0n) is 15.7. The third kappa shape index (κ3) is 3.24. The Hall–Kier alpha value is -2.86. The second-order valence-corrected chi connectivity index (χ2v) is 7.27. The Labute approximate surface area is 167 Å². The lowest BCUT2D eigenvalue weighted by molar-refractivity contribution is 0.0751. The van der Waals surface area contributed by atoms with Crippen LogP contribution in [0.4, 0.5) is 10.1 Å². The van der Waals surface area contributed by atoms with Crippen LogP contribution in [0.15, 0.2) is 48.5 Å². The maximum atomic E-state index is 13.3. The molecular formula is C21H20ClFN4O. The van der Waals surface area contributed by atoms with Gasteiger partial charge >= 0.3 is 0 Å². The summed E-state index contributed by atoms with van der Waals surface area (Å²) in [5.41, 5.74) is 3.76. The van der Waals surface area contributed by atoms with Crippen LogP contribution in [-0.2, 0) is 6.54 Å². The second-order valence-electron chi connectivity index (χ2n) is 6.92. The zero-order valence-corrected chi connectivity index (χ0v) is 16.4. The topological polar surface area (TPSA) is 41.4 Å². The molecule has 0 saturated heterocycles. The molecule has 0 fully saturated rings. The molecule has 0 bridgehead atoms. The third-order valence-electron chi connectivity index (χ3n) is 5.05. The van der Waals surface area contributed by atoms with E-state index < -0.39 is 0 Å². The van der Waals surface area contributed by atoms with Crippen molar-refractivity contribution in [2.45, 2.75) is 13.5 Å². The van der Waals surface area contributed by atoms with Crippen molar-refractivity contribution >= 4 is 23.2 Å². The van der Waals surface area contributed by atoms with Crippen molar-refractivity contribution in [3.63, 3.8) is 0 Å². The number of para-hydroxylation sites is 1. The van der Waals surface area contributed by atoms with Crippen molar-refractivity contribution in [2.75, 3.05) is 25.0 Å². The third-order valence-corrected chi connectivity index (χ3v) is 5.39. The minimum atomic E-state index is -0.340. The van der Waals surface area contributed by atoms with Crippen LogP contribution in [0.1, 0.15) is 21.6 Å². The molecule has 5 nitrogen and oxygen atoms in total. The van der Waals surface area contributed by atoms with Crippen LogP contribution in [0.25, 0.3) is 5.69 Å². The van der Waals surface area contributed by atoms with Crippen LogP contribution >= 0.6 is 11.6 Å². The number of anilines is 1. The first-order chi connectivity index (χ1) is 13.5. The number of hydrogen-bond acceptors (Lipinski definition) is 3.